The first-order valence-electron chi connectivity index (χ1n) is 34.8. The van der Waals surface area contributed by atoms with E-state index in [1.165, 1.54) is 81.6 Å². The average Bonchev–Trinajstić information content (AvgIpc) is 0.784. The Hall–Kier alpha value is -2.56. The maximum atomic E-state index is 13.4. The van der Waals surface area contributed by atoms with E-state index in [1.54, 1.807) is 114 Å². The summed E-state index contributed by atoms with van der Waals surface area (Å²) in [6.45, 7) is 45.1. The smallest absolute Gasteiger partial charge is 0.258 e. The second-order valence-corrected chi connectivity index (χ2v) is 72.0. The molecule has 7 aromatic carbocycles. The molecule has 0 saturated carbocycles. The minimum absolute atomic E-state index is 0.0410. The fourth-order valence-corrected chi connectivity index (χ4v) is 41.4. The Kier molecular flexibility index (Phi) is 45.8. The van der Waals surface area contributed by atoms with E-state index in [4.69, 9.17) is 58.0 Å². The van der Waals surface area contributed by atoms with Gasteiger partial charge < -0.3 is 0 Å². The number of non-ortho nitro benzene ring substituents is 1. The lowest BCUT2D eigenvalue weighted by Gasteiger charge is -2.18. The van der Waals surface area contributed by atoms with E-state index in [0.717, 1.165) is 81.1 Å². The van der Waals surface area contributed by atoms with Crippen molar-refractivity contribution in [2.24, 2.45) is 0 Å². The van der Waals surface area contributed by atoms with Gasteiger partial charge in [-0.05, 0) is 344 Å². The molecular weight excluding hydrogens is 2000 g/mol. The second-order valence-electron chi connectivity index (χ2n) is 32.8. The molecule has 7 rings (SSSR count). The lowest BCUT2D eigenvalue weighted by molar-refractivity contribution is -0.384. The van der Waals surface area contributed by atoms with Crippen LogP contribution in [0.3, 0.4) is 0 Å². The summed E-state index contributed by atoms with van der Waals surface area (Å²) in [5.41, 5.74) is 0.944. The van der Waals surface area contributed by atoms with Crippen molar-refractivity contribution in [2.45, 2.75) is 245 Å². The zero-order chi connectivity index (χ0) is 95.5. The molecule has 0 aliphatic heterocycles. The molecule has 0 radical (unpaired) electrons. The Labute approximate surface area is 767 Å². The van der Waals surface area contributed by atoms with Gasteiger partial charge in [0, 0.05) is 66.4 Å². The number of aryl methyl sites for hydroxylation is 1. The van der Waals surface area contributed by atoms with Crippen LogP contribution in [0, 0.1) is 46.1 Å². The van der Waals surface area contributed by atoms with Crippen molar-refractivity contribution in [3.63, 3.8) is 0 Å². The summed E-state index contributed by atoms with van der Waals surface area (Å²) in [4.78, 5) is 9.31. The van der Waals surface area contributed by atoms with Crippen LogP contribution in [0.2, 0.25) is 25.1 Å². The van der Waals surface area contributed by atoms with Gasteiger partial charge >= 0.3 is 0 Å². The highest BCUT2D eigenvalue weighted by Crippen LogP contribution is 2.45. The first kappa shape index (κ1) is 118. The molecule has 0 saturated heterocycles. The molecule has 0 amide bonds. The van der Waals surface area contributed by atoms with Crippen LogP contribution in [0.1, 0.15) is 172 Å². The molecule has 0 spiro atoms. The van der Waals surface area contributed by atoms with Gasteiger partial charge in [-0.2, -0.15) is 0 Å². The number of nitro groups is 1. The number of nitrogens with zero attached hydrogens (tertiary/aromatic N) is 1. The van der Waals surface area contributed by atoms with Crippen molar-refractivity contribution in [3.8, 4) is 0 Å². The summed E-state index contributed by atoms with van der Waals surface area (Å²) < 4.78 is 250. The quantitative estimate of drug-likeness (QED) is 0.0217. The third-order valence-corrected chi connectivity index (χ3v) is 46.5. The van der Waals surface area contributed by atoms with Crippen LogP contribution in [0.4, 0.5) is 27.6 Å². The van der Waals surface area contributed by atoms with E-state index < -0.39 is 124 Å². The van der Waals surface area contributed by atoms with Gasteiger partial charge in [0.25, 0.3) is 5.69 Å². The summed E-state index contributed by atoms with van der Waals surface area (Å²) in [7, 11) is -21.2. The van der Waals surface area contributed by atoms with Crippen LogP contribution < -0.4 is 0 Å². The largest absolute Gasteiger partial charge is 0.269 e. The summed E-state index contributed by atoms with van der Waals surface area (Å²) >= 11 is 29.0. The molecule has 684 valence electrons. The van der Waals surface area contributed by atoms with E-state index in [2.05, 4.69) is 0 Å². The molecule has 0 atom stereocenters. The van der Waals surface area contributed by atoms with Gasteiger partial charge in [0.1, 0.15) is 4.90 Å². The molecule has 0 N–H and O–H groups in total. The fourth-order valence-electron chi connectivity index (χ4n) is 7.93. The highest BCUT2D eigenvalue weighted by atomic mass is 35.5. The van der Waals surface area contributed by atoms with Gasteiger partial charge in [0.05, 0.1) is 44.5 Å². The van der Waals surface area contributed by atoms with Crippen molar-refractivity contribution in [2.75, 3.05) is 6.26 Å². The Bertz CT molecular complexity index is 5490. The molecule has 121 heavy (non-hydrogen) atoms. The third-order valence-electron chi connectivity index (χ3n) is 11.4. The van der Waals surface area contributed by atoms with E-state index in [1.807, 2.05) is 123 Å². The Morgan fingerprint density at radius 3 is 0.818 bits per heavy atom. The number of nitro benzene ring substituents is 1. The van der Waals surface area contributed by atoms with Crippen molar-refractivity contribution in [1.82, 2.24) is 0 Å². The van der Waals surface area contributed by atoms with Crippen LogP contribution in [0.5, 0.6) is 0 Å². The minimum Gasteiger partial charge on any atom is -0.258 e. The zero-order valence-electron chi connectivity index (χ0n) is 70.9. The number of benzene rings is 7. The van der Waals surface area contributed by atoms with E-state index in [9.17, 15) is 99.4 Å². The highest BCUT2D eigenvalue weighted by molar-refractivity contribution is 8.75. The van der Waals surface area contributed by atoms with Crippen molar-refractivity contribution < 1.29 is 94.2 Å². The Morgan fingerprint density at radius 1 is 0.289 bits per heavy atom. The van der Waals surface area contributed by atoms with Crippen LogP contribution in [-0.4, -0.2) is 116 Å². The molecule has 19 nitrogen and oxygen atoms in total. The van der Waals surface area contributed by atoms with Crippen molar-refractivity contribution >= 4 is 221 Å². The average molecular weight is 2100 g/mol. The van der Waals surface area contributed by atoms with Crippen LogP contribution in [0.25, 0.3) is 0 Å². The molecule has 7 aromatic rings. The number of rotatable bonds is 16. The summed E-state index contributed by atoms with van der Waals surface area (Å²) in [5, 5.41) is 11.6. The van der Waals surface area contributed by atoms with Gasteiger partial charge in [-0.1, -0.05) is 106 Å². The number of hydrogen-bond acceptors (Lipinski definition) is 26. The van der Waals surface area contributed by atoms with Gasteiger partial charge in [-0.15, -0.1) is 0 Å². The minimum atomic E-state index is -4.72. The monoisotopic (exact) mass is 2100 g/mol. The fraction of sp³-hybridized carbons (Fsp3) is 0.447. The SMILES string of the molecule is CC(C)(C)SS(=O)(=O)c1c(Cl)cc(Cl)cc1Cl.CC(C)(C)SS(=O)(=O)c1c(F)c(F)c(F)c(F)c1F.CC(C)(C)SS(=O)(=O)c1ccc(Cl)cc1.CC(C)(C)SS(=O)(=O)c1ccc([N+](=O)[O-])cc1.CC(C)(C)SS(=O)(=O)c1ccccc1.CC(C)(C)SS(=O)(=O)c1ccccc1Cl.CC(C)(C)SS(C)(=O)=O.Cc1ccc(S(=O)(=O)SC(C)(C)C)cc1. The molecule has 0 aliphatic rings. The molecular formula is C76H101Cl5F5NO18S16. The summed E-state index contributed by atoms with van der Waals surface area (Å²) in [6.07, 6.45) is 1.23. The maximum Gasteiger partial charge on any atom is 0.269 e. The lowest BCUT2D eigenvalue weighted by Crippen LogP contribution is -2.16. The number of hydrogen-bond donors (Lipinski definition) is 0. The molecule has 0 heterocycles. The van der Waals surface area contributed by atoms with E-state index in [-0.39, 0.29) is 70.0 Å². The molecule has 0 aromatic heterocycles. The van der Waals surface area contributed by atoms with Gasteiger partial charge in [-0.3, -0.25) is 10.1 Å². The number of halogens is 10. The molecule has 45 heteroatoms. The predicted octanol–water partition coefficient (Wildman–Crippen LogP) is 26.0. The van der Waals surface area contributed by atoms with Crippen molar-refractivity contribution in [3.05, 3.63) is 209 Å². The lowest BCUT2D eigenvalue weighted by atomic mass is 10.2. The molecule has 0 fully saturated rings. The first-order chi connectivity index (χ1) is 53.7. The van der Waals surface area contributed by atoms with Crippen LogP contribution >= 0.6 is 144 Å². The van der Waals surface area contributed by atoms with Crippen molar-refractivity contribution in [1.29, 1.82) is 0 Å². The second kappa shape index (κ2) is 46.8. The molecule has 0 bridgehead atoms. The van der Waals surface area contributed by atoms with Crippen LogP contribution in [-0.2, 0) is 71.0 Å². The van der Waals surface area contributed by atoms with Gasteiger partial charge in [-0.25, -0.2) is 89.3 Å². The predicted molar refractivity (Wildman–Crippen MR) is 505 cm³/mol. The zero-order valence-corrected chi connectivity index (χ0v) is 87.7. The molecule has 0 aliphatic carbocycles. The highest BCUT2D eigenvalue weighted by Gasteiger charge is 2.38. The molecule has 0 unspecified atom stereocenters. The van der Waals surface area contributed by atoms with Gasteiger partial charge in [0.15, 0.2) is 37.0 Å². The van der Waals surface area contributed by atoms with E-state index >= 15 is 0 Å². The summed E-state index contributed by atoms with van der Waals surface area (Å²) in [6, 6.07) is 35.8. The Morgan fingerprint density at radius 2 is 0.537 bits per heavy atom. The standard InChI is InChI=1S/C11H16O2S2.C10H11Cl3O2S2.2C10H13ClO2S2.C10H9F5O2S2.C10H13NO4S2.C10H14O2S2.C5H12O2S2/c1-9-5-7-10(8-6-9)15(12,13)14-11(2,3)4;1-10(2,3)16-17(14,15)9-7(12)4-6(11)5-8(9)13;1-10(2,3)14-15(12,13)9-6-4-8(11)5-7-9;1-10(2,3)14-15(12,13)9-7-5-4-6-8(9)11;1-10(2,3)18-19(16,17)9-7(14)5(12)4(11)6(13)8(9)15;1-10(2,3)16-17(14,15)9-6-4-8(5-7-9)11(12)13;1-10(2,3)13-14(11,12)9-7-5-4-6-8-9;1-5(2,3)8-9(4,6)7/h5-8H,1-4H3;4-5H,1-3H3;2*4-7H,1-3H3;1-3H3;4-7H,1-3H3;4-8H,1-3H3;1-4H3. The third kappa shape index (κ3) is 48.1. The maximum absolute atomic E-state index is 13.4. The Balaban J connectivity index is 0.00000137. The van der Waals surface area contributed by atoms with Crippen LogP contribution in [0.15, 0.2) is 174 Å². The first-order valence-corrected chi connectivity index (χ1v) is 59.6. The van der Waals surface area contributed by atoms with Gasteiger partial charge in [0.2, 0.25) is 67.9 Å². The van der Waals surface area contributed by atoms with E-state index in [0.29, 0.717) is 24.7 Å². The normalized spacial score (nSPS) is 12.8. The summed E-state index contributed by atoms with van der Waals surface area (Å²) in [5.74, 6) is -11.7. The topological polar surface area (TPSA) is 316 Å².